The quantitative estimate of drug-likeness (QED) is 0.443. The lowest BCUT2D eigenvalue weighted by atomic mass is 10.1. The van der Waals surface area contributed by atoms with Gasteiger partial charge in [-0.2, -0.15) is 0 Å². The molecule has 0 amide bonds. The van der Waals surface area contributed by atoms with Gasteiger partial charge in [0.15, 0.2) is 5.78 Å². The molecule has 0 atom stereocenters. The number of hydrogen-bond donors (Lipinski definition) is 1. The second-order valence-electron chi connectivity index (χ2n) is 2.67. The molecule has 0 aliphatic heterocycles. The van der Waals surface area contributed by atoms with E-state index in [1.807, 2.05) is 0 Å². The Labute approximate surface area is 82.0 Å². The van der Waals surface area contributed by atoms with Crippen LogP contribution in [-0.2, 0) is 4.74 Å². The summed E-state index contributed by atoms with van der Waals surface area (Å²) in [6.07, 6.45) is -0.277. The van der Waals surface area contributed by atoms with E-state index in [1.54, 1.807) is 24.3 Å². The molecule has 1 rings (SSSR count). The summed E-state index contributed by atoms with van der Waals surface area (Å²) in [5, 5.41) is 7.10. The standard InChI is InChI=1S/C10H11NO3/c1-7(12)8-3-5-9(6-4-8)14-10(11)13-2/h3-6,11H,1-2H3. The third-order valence-electron chi connectivity index (χ3n) is 1.66. The maximum Gasteiger partial charge on any atom is 0.385 e. The minimum atomic E-state index is -0.277. The summed E-state index contributed by atoms with van der Waals surface area (Å²) >= 11 is 0. The third kappa shape index (κ3) is 2.58. The predicted molar refractivity (Wildman–Crippen MR) is 51.8 cm³/mol. The first-order chi connectivity index (χ1) is 6.63. The van der Waals surface area contributed by atoms with Crippen LogP contribution in [-0.4, -0.2) is 19.0 Å². The van der Waals surface area contributed by atoms with Crippen molar-refractivity contribution < 1.29 is 14.3 Å². The van der Waals surface area contributed by atoms with Crippen LogP contribution in [0.2, 0.25) is 0 Å². The first kappa shape index (κ1) is 10.2. The van der Waals surface area contributed by atoms with Crippen LogP contribution in [0.1, 0.15) is 17.3 Å². The average Bonchev–Trinajstić information content (AvgIpc) is 2.18. The SMILES string of the molecule is COC(=N)Oc1ccc(C(C)=O)cc1. The zero-order chi connectivity index (χ0) is 10.6. The number of benzene rings is 1. The van der Waals surface area contributed by atoms with E-state index in [9.17, 15) is 4.79 Å². The maximum atomic E-state index is 10.9. The number of nitrogens with one attached hydrogen (secondary N) is 1. The van der Waals surface area contributed by atoms with Crippen molar-refractivity contribution in [2.24, 2.45) is 0 Å². The van der Waals surface area contributed by atoms with Crippen LogP contribution in [0, 0.1) is 5.41 Å². The number of methoxy groups -OCH3 is 1. The lowest BCUT2D eigenvalue weighted by Crippen LogP contribution is -2.08. The molecule has 4 heteroatoms. The first-order valence-electron chi connectivity index (χ1n) is 4.05. The third-order valence-corrected chi connectivity index (χ3v) is 1.66. The molecular formula is C10H11NO3. The molecule has 0 spiro atoms. The maximum absolute atomic E-state index is 10.9. The van der Waals surface area contributed by atoms with Gasteiger partial charge < -0.3 is 9.47 Å². The number of hydrogen-bond acceptors (Lipinski definition) is 4. The molecule has 0 aliphatic rings. The Hall–Kier alpha value is -1.84. The van der Waals surface area contributed by atoms with Crippen molar-refractivity contribution in [1.82, 2.24) is 0 Å². The summed E-state index contributed by atoms with van der Waals surface area (Å²) < 4.78 is 9.47. The molecule has 0 aliphatic carbocycles. The highest BCUT2D eigenvalue weighted by Gasteiger charge is 2.01. The number of carbonyl (C=O) groups excluding carboxylic acids is 1. The highest BCUT2D eigenvalue weighted by atomic mass is 16.7. The van der Waals surface area contributed by atoms with Crippen LogP contribution in [0.15, 0.2) is 24.3 Å². The molecule has 1 aromatic carbocycles. The molecule has 0 radical (unpaired) electrons. The van der Waals surface area contributed by atoms with Gasteiger partial charge in [-0.3, -0.25) is 4.79 Å². The van der Waals surface area contributed by atoms with Crippen molar-refractivity contribution in [2.75, 3.05) is 7.11 Å². The van der Waals surface area contributed by atoms with E-state index in [1.165, 1.54) is 14.0 Å². The van der Waals surface area contributed by atoms with E-state index in [-0.39, 0.29) is 11.9 Å². The van der Waals surface area contributed by atoms with Gasteiger partial charge in [0.2, 0.25) is 0 Å². The molecule has 0 bridgehead atoms. The monoisotopic (exact) mass is 193 g/mol. The second-order valence-corrected chi connectivity index (χ2v) is 2.67. The molecule has 0 aromatic heterocycles. The van der Waals surface area contributed by atoms with Gasteiger partial charge in [-0.15, -0.1) is 0 Å². The molecule has 1 aromatic rings. The van der Waals surface area contributed by atoms with Gasteiger partial charge in [0.25, 0.3) is 0 Å². The fourth-order valence-electron chi connectivity index (χ4n) is 0.906. The number of rotatable bonds is 2. The molecule has 1 N–H and O–H groups in total. The van der Waals surface area contributed by atoms with E-state index >= 15 is 0 Å². The fourth-order valence-corrected chi connectivity index (χ4v) is 0.906. The minimum absolute atomic E-state index is 0.00151. The molecule has 0 fully saturated rings. The van der Waals surface area contributed by atoms with E-state index in [0.717, 1.165) is 0 Å². The molecule has 14 heavy (non-hydrogen) atoms. The van der Waals surface area contributed by atoms with Gasteiger partial charge in [-0.25, -0.2) is 5.41 Å². The Morgan fingerprint density at radius 3 is 2.29 bits per heavy atom. The predicted octanol–water partition coefficient (Wildman–Crippen LogP) is 1.85. The summed E-state index contributed by atoms with van der Waals surface area (Å²) in [5.41, 5.74) is 0.612. The van der Waals surface area contributed by atoms with Crippen molar-refractivity contribution >= 4 is 11.9 Å². The van der Waals surface area contributed by atoms with Crippen LogP contribution in [0.25, 0.3) is 0 Å². The zero-order valence-corrected chi connectivity index (χ0v) is 8.03. The Morgan fingerprint density at radius 1 is 1.29 bits per heavy atom. The molecule has 74 valence electrons. The van der Waals surface area contributed by atoms with Crippen LogP contribution in [0.3, 0.4) is 0 Å². The summed E-state index contributed by atoms with van der Waals surface area (Å²) in [5.74, 6) is 0.472. The lowest BCUT2D eigenvalue weighted by Gasteiger charge is -2.04. The van der Waals surface area contributed by atoms with Gasteiger partial charge in [-0.05, 0) is 31.2 Å². The Kier molecular flexibility index (Phi) is 3.23. The molecule has 0 heterocycles. The van der Waals surface area contributed by atoms with Gasteiger partial charge in [0, 0.05) is 5.56 Å². The van der Waals surface area contributed by atoms with Crippen LogP contribution >= 0.6 is 0 Å². The number of ether oxygens (including phenoxy) is 2. The van der Waals surface area contributed by atoms with Gasteiger partial charge >= 0.3 is 6.08 Å². The Morgan fingerprint density at radius 2 is 1.86 bits per heavy atom. The molecule has 4 nitrogen and oxygen atoms in total. The van der Waals surface area contributed by atoms with Crippen LogP contribution in [0.5, 0.6) is 5.75 Å². The van der Waals surface area contributed by atoms with Crippen LogP contribution in [0.4, 0.5) is 0 Å². The minimum Gasteiger partial charge on any atom is -0.454 e. The van der Waals surface area contributed by atoms with E-state index in [2.05, 4.69) is 4.74 Å². The van der Waals surface area contributed by atoms with Gasteiger partial charge in [0.1, 0.15) is 5.75 Å². The molecule has 0 unspecified atom stereocenters. The number of carbonyl (C=O) groups is 1. The topological polar surface area (TPSA) is 59.4 Å². The fraction of sp³-hybridized carbons (Fsp3) is 0.200. The second kappa shape index (κ2) is 4.41. The largest absolute Gasteiger partial charge is 0.454 e. The van der Waals surface area contributed by atoms with E-state index < -0.39 is 0 Å². The van der Waals surface area contributed by atoms with Crippen LogP contribution < -0.4 is 4.74 Å². The summed E-state index contributed by atoms with van der Waals surface area (Å²) in [7, 11) is 1.35. The average molecular weight is 193 g/mol. The molecule has 0 saturated carbocycles. The summed E-state index contributed by atoms with van der Waals surface area (Å²) in [6.45, 7) is 1.49. The summed E-state index contributed by atoms with van der Waals surface area (Å²) in [4.78, 5) is 10.9. The zero-order valence-electron chi connectivity index (χ0n) is 8.03. The number of ketones is 1. The van der Waals surface area contributed by atoms with Gasteiger partial charge in [-0.1, -0.05) is 0 Å². The Bertz CT molecular complexity index is 343. The first-order valence-corrected chi connectivity index (χ1v) is 4.05. The summed E-state index contributed by atoms with van der Waals surface area (Å²) in [6, 6.07) is 6.51. The van der Waals surface area contributed by atoms with Crippen molar-refractivity contribution in [1.29, 1.82) is 5.41 Å². The van der Waals surface area contributed by atoms with Crippen molar-refractivity contribution in [3.63, 3.8) is 0 Å². The van der Waals surface area contributed by atoms with E-state index in [0.29, 0.717) is 11.3 Å². The van der Waals surface area contributed by atoms with E-state index in [4.69, 9.17) is 10.1 Å². The van der Waals surface area contributed by atoms with Gasteiger partial charge in [0.05, 0.1) is 7.11 Å². The molecular weight excluding hydrogens is 182 g/mol. The number of Topliss-reactive ketones (excluding diaryl/α,β-unsaturated/α-hetero) is 1. The molecule has 0 saturated heterocycles. The highest BCUT2D eigenvalue weighted by molar-refractivity contribution is 5.94. The van der Waals surface area contributed by atoms with Crippen molar-refractivity contribution in [3.8, 4) is 5.75 Å². The van der Waals surface area contributed by atoms with Crippen molar-refractivity contribution in [3.05, 3.63) is 29.8 Å². The highest BCUT2D eigenvalue weighted by Crippen LogP contribution is 2.12. The normalized spacial score (nSPS) is 9.29. The smallest absolute Gasteiger partial charge is 0.385 e. The van der Waals surface area contributed by atoms with Crippen molar-refractivity contribution in [2.45, 2.75) is 6.92 Å². The lowest BCUT2D eigenvalue weighted by molar-refractivity contribution is 0.101. The Balaban J connectivity index is 2.73.